The van der Waals surface area contributed by atoms with Crippen LogP contribution < -0.4 is 11.1 Å². The van der Waals surface area contributed by atoms with Crippen LogP contribution in [0.15, 0.2) is 89.5 Å². The van der Waals surface area contributed by atoms with Gasteiger partial charge in [-0.2, -0.15) is 0 Å². The van der Waals surface area contributed by atoms with Gasteiger partial charge < -0.3 is 20.8 Å². The Kier molecular flexibility index (Phi) is 6.55. The van der Waals surface area contributed by atoms with Gasteiger partial charge in [-0.25, -0.2) is 4.79 Å². The Labute approximate surface area is 198 Å². The molecule has 33 heavy (non-hydrogen) atoms. The number of benzene rings is 3. The van der Waals surface area contributed by atoms with Crippen LogP contribution in [0, 0.1) is 0 Å². The van der Waals surface area contributed by atoms with E-state index >= 15 is 0 Å². The number of H-pyrrole nitrogens is 1. The average molecular weight is 506 g/mol. The van der Waals surface area contributed by atoms with Gasteiger partial charge in [0.2, 0.25) is 0 Å². The van der Waals surface area contributed by atoms with Crippen molar-refractivity contribution in [1.82, 2.24) is 10.3 Å². The summed E-state index contributed by atoms with van der Waals surface area (Å²) in [5.74, 6) is -1.55. The number of aromatic amines is 1. The minimum Gasteiger partial charge on any atom is -0.439 e. The van der Waals surface area contributed by atoms with Crippen molar-refractivity contribution in [3.63, 3.8) is 0 Å². The molecule has 0 spiro atoms. The molecule has 0 unspecified atom stereocenters. The van der Waals surface area contributed by atoms with Gasteiger partial charge in [-0.3, -0.25) is 9.59 Å². The van der Waals surface area contributed by atoms with Crippen molar-refractivity contribution in [3.8, 4) is 0 Å². The lowest BCUT2D eigenvalue weighted by molar-refractivity contribution is -0.118. The summed E-state index contributed by atoms with van der Waals surface area (Å²) >= 11 is 3.39. The Balaban J connectivity index is 1.70. The highest BCUT2D eigenvalue weighted by molar-refractivity contribution is 9.10. The molecule has 8 heteroatoms. The molecular formula is C25H20BrN3O4. The molecule has 0 bridgehead atoms. The molecule has 0 aliphatic rings. The van der Waals surface area contributed by atoms with Crippen LogP contribution in [0.25, 0.3) is 10.9 Å². The molecule has 0 aliphatic heterocycles. The maximum Gasteiger partial charge on any atom is 0.405 e. The first-order valence-electron chi connectivity index (χ1n) is 10.1. The summed E-state index contributed by atoms with van der Waals surface area (Å²) in [7, 11) is 0. The zero-order chi connectivity index (χ0) is 23.4. The predicted octanol–water partition coefficient (Wildman–Crippen LogP) is 4.81. The first kappa shape index (κ1) is 22.3. The van der Waals surface area contributed by atoms with Gasteiger partial charge in [0.1, 0.15) is 0 Å². The number of amides is 2. The fraction of sp³-hybridized carbons (Fsp3) is 0.0800. The van der Waals surface area contributed by atoms with E-state index in [0.29, 0.717) is 16.5 Å². The van der Waals surface area contributed by atoms with Crippen molar-refractivity contribution in [1.29, 1.82) is 0 Å². The van der Waals surface area contributed by atoms with E-state index in [2.05, 4.69) is 26.2 Å². The second kappa shape index (κ2) is 9.70. The summed E-state index contributed by atoms with van der Waals surface area (Å²) in [6.45, 7) is 0. The van der Waals surface area contributed by atoms with E-state index in [4.69, 9.17) is 10.5 Å². The van der Waals surface area contributed by atoms with Crippen molar-refractivity contribution in [2.24, 2.45) is 5.73 Å². The molecule has 3 aromatic carbocycles. The summed E-state index contributed by atoms with van der Waals surface area (Å²) < 4.78 is 6.19. The quantitative estimate of drug-likeness (QED) is 0.247. The van der Waals surface area contributed by atoms with Crippen LogP contribution >= 0.6 is 15.9 Å². The van der Waals surface area contributed by atoms with Crippen molar-refractivity contribution in [3.05, 3.63) is 106 Å². The van der Waals surface area contributed by atoms with Gasteiger partial charge in [-0.15, -0.1) is 0 Å². The van der Waals surface area contributed by atoms with Crippen molar-refractivity contribution in [2.75, 3.05) is 0 Å². The number of aromatic nitrogens is 1. The highest BCUT2D eigenvalue weighted by Crippen LogP contribution is 2.32. The molecule has 0 saturated carbocycles. The van der Waals surface area contributed by atoms with Gasteiger partial charge in [-0.05, 0) is 29.3 Å². The number of Topliss-reactive ketones (excluding diaryl/α,β-unsaturated/α-hetero) is 1. The van der Waals surface area contributed by atoms with E-state index < -0.39 is 29.9 Å². The van der Waals surface area contributed by atoms with Gasteiger partial charge >= 0.3 is 6.09 Å². The number of carbonyl (C=O) groups is 3. The molecule has 2 atom stereocenters. The molecule has 0 radical (unpaired) electrons. The second-order valence-corrected chi connectivity index (χ2v) is 8.27. The zero-order valence-corrected chi connectivity index (χ0v) is 18.9. The number of ketones is 1. The first-order chi connectivity index (χ1) is 15.9. The minimum absolute atomic E-state index is 0.239. The van der Waals surface area contributed by atoms with Crippen LogP contribution in [0.2, 0.25) is 0 Å². The number of carbonyl (C=O) groups excluding carboxylic acids is 3. The van der Waals surface area contributed by atoms with Crippen LogP contribution in [0.4, 0.5) is 4.79 Å². The molecule has 4 N–H and O–H groups in total. The fourth-order valence-corrected chi connectivity index (χ4v) is 4.06. The largest absolute Gasteiger partial charge is 0.439 e. The fourth-order valence-electron chi connectivity index (χ4n) is 3.70. The van der Waals surface area contributed by atoms with Crippen molar-refractivity contribution < 1.29 is 19.1 Å². The summed E-state index contributed by atoms with van der Waals surface area (Å²) in [6, 6.07) is 22.4. The zero-order valence-electron chi connectivity index (χ0n) is 17.3. The minimum atomic E-state index is -0.994. The number of halogens is 1. The Hall–Kier alpha value is -3.91. The van der Waals surface area contributed by atoms with Crippen molar-refractivity contribution >= 4 is 44.6 Å². The van der Waals surface area contributed by atoms with Gasteiger partial charge in [-0.1, -0.05) is 76.6 Å². The van der Waals surface area contributed by atoms with Crippen LogP contribution in [0.3, 0.4) is 0 Å². The molecule has 7 nitrogen and oxygen atoms in total. The summed E-state index contributed by atoms with van der Waals surface area (Å²) in [5, 5.41) is 3.38. The smallest absolute Gasteiger partial charge is 0.405 e. The predicted molar refractivity (Wildman–Crippen MR) is 128 cm³/mol. The Bertz CT molecular complexity index is 1310. The van der Waals surface area contributed by atoms with E-state index in [9.17, 15) is 14.4 Å². The third kappa shape index (κ3) is 4.96. The summed E-state index contributed by atoms with van der Waals surface area (Å²) in [4.78, 5) is 40.9. The summed E-state index contributed by atoms with van der Waals surface area (Å²) in [5.41, 5.74) is 7.58. The van der Waals surface area contributed by atoms with E-state index in [0.717, 1.165) is 9.99 Å². The van der Waals surface area contributed by atoms with E-state index in [1.54, 1.807) is 54.6 Å². The molecule has 1 aromatic heterocycles. The monoisotopic (exact) mass is 505 g/mol. The maximum absolute atomic E-state index is 13.1. The van der Waals surface area contributed by atoms with Gasteiger partial charge in [0, 0.05) is 21.6 Å². The number of primary amides is 1. The van der Waals surface area contributed by atoms with Crippen LogP contribution in [0.1, 0.15) is 33.6 Å². The van der Waals surface area contributed by atoms with Crippen LogP contribution in [-0.4, -0.2) is 22.8 Å². The number of nitrogens with two attached hydrogens (primary N) is 1. The third-order valence-electron chi connectivity index (χ3n) is 5.21. The van der Waals surface area contributed by atoms with Gasteiger partial charge in [0.25, 0.3) is 11.7 Å². The van der Waals surface area contributed by atoms with E-state index in [1.165, 1.54) is 6.20 Å². The molecule has 0 saturated heterocycles. The third-order valence-corrected chi connectivity index (χ3v) is 5.71. The van der Waals surface area contributed by atoms with Crippen LogP contribution in [0.5, 0.6) is 0 Å². The SMILES string of the molecule is NC(=O)O[C@H](c1ccccc1)[C@H](NC(=O)C(=O)c1c[nH]c2ccc(Br)cc12)c1ccccc1. The molecule has 4 aromatic rings. The molecule has 2 amide bonds. The number of hydrogen-bond acceptors (Lipinski definition) is 4. The van der Waals surface area contributed by atoms with E-state index in [-0.39, 0.29) is 5.56 Å². The first-order valence-corrected chi connectivity index (χ1v) is 10.9. The standard InChI is InChI=1S/C25H20BrN3O4/c26-17-11-12-20-18(13-17)19(14-28-20)22(30)24(31)29-21(15-7-3-1-4-8-15)23(33-25(27)32)16-9-5-2-6-10-16/h1-14,21,23,28H,(H2,27,32)(H,29,31)/t21-,23-/m1/s1. The number of nitrogens with one attached hydrogen (secondary N) is 2. The average Bonchev–Trinajstić information content (AvgIpc) is 3.24. The number of fused-ring (bicyclic) bond motifs is 1. The van der Waals surface area contributed by atoms with Crippen molar-refractivity contribution in [2.45, 2.75) is 12.1 Å². The molecule has 0 fully saturated rings. The lowest BCUT2D eigenvalue weighted by atomic mass is 9.95. The maximum atomic E-state index is 13.1. The molecule has 1 heterocycles. The Morgan fingerprint density at radius 1 is 0.909 bits per heavy atom. The second-order valence-electron chi connectivity index (χ2n) is 7.35. The molecule has 0 aliphatic carbocycles. The van der Waals surface area contributed by atoms with Gasteiger partial charge in [0.05, 0.1) is 11.6 Å². The van der Waals surface area contributed by atoms with E-state index in [1.807, 2.05) is 24.3 Å². The highest BCUT2D eigenvalue weighted by atomic mass is 79.9. The number of ether oxygens (including phenoxy) is 1. The van der Waals surface area contributed by atoms with Crippen LogP contribution in [-0.2, 0) is 9.53 Å². The highest BCUT2D eigenvalue weighted by Gasteiger charge is 2.32. The molecule has 4 rings (SSSR count). The summed E-state index contributed by atoms with van der Waals surface area (Å²) in [6.07, 6.45) is -0.433. The topological polar surface area (TPSA) is 114 Å². The molecule has 166 valence electrons. The number of rotatable bonds is 7. The lowest BCUT2D eigenvalue weighted by Crippen LogP contribution is -2.39. The lowest BCUT2D eigenvalue weighted by Gasteiger charge is -2.28. The van der Waals surface area contributed by atoms with Gasteiger partial charge in [0.15, 0.2) is 6.10 Å². The normalized spacial score (nSPS) is 12.6. The Morgan fingerprint density at radius 2 is 1.55 bits per heavy atom. The Morgan fingerprint density at radius 3 is 2.18 bits per heavy atom. The number of hydrogen-bond donors (Lipinski definition) is 3. The molecular weight excluding hydrogens is 486 g/mol.